The zero-order valence-electron chi connectivity index (χ0n) is 11.1. The maximum absolute atomic E-state index is 6.01. The van der Waals surface area contributed by atoms with Gasteiger partial charge in [-0.1, -0.05) is 30.2 Å². The van der Waals surface area contributed by atoms with Crippen molar-refractivity contribution < 1.29 is 0 Å². The first kappa shape index (κ1) is 13.9. The largest absolute Gasteiger partial charge is 0.330 e. The fourth-order valence-electron chi connectivity index (χ4n) is 3.08. The molecule has 2 unspecified atom stereocenters. The van der Waals surface area contributed by atoms with Crippen LogP contribution in [0, 0.1) is 11.8 Å². The molecule has 0 heterocycles. The van der Waals surface area contributed by atoms with Gasteiger partial charge in [0.05, 0.1) is 0 Å². The molecule has 100 valence electrons. The van der Waals surface area contributed by atoms with E-state index < -0.39 is 0 Å². The van der Waals surface area contributed by atoms with E-state index >= 15 is 0 Å². The van der Waals surface area contributed by atoms with E-state index in [0.717, 1.165) is 36.5 Å². The fourth-order valence-corrected chi connectivity index (χ4v) is 3.29. The van der Waals surface area contributed by atoms with Crippen LogP contribution < -0.4 is 5.73 Å². The molecule has 2 rings (SSSR count). The van der Waals surface area contributed by atoms with Crippen molar-refractivity contribution in [1.82, 2.24) is 4.90 Å². The van der Waals surface area contributed by atoms with Crippen LogP contribution in [0.15, 0.2) is 24.3 Å². The number of hydrogen-bond donors (Lipinski definition) is 1. The zero-order valence-corrected chi connectivity index (χ0v) is 11.9. The Morgan fingerprint density at radius 1 is 1.33 bits per heavy atom. The lowest BCUT2D eigenvalue weighted by Gasteiger charge is -2.25. The maximum atomic E-state index is 6.01. The van der Waals surface area contributed by atoms with Crippen LogP contribution in [0.25, 0.3) is 0 Å². The van der Waals surface area contributed by atoms with E-state index in [1.54, 1.807) is 0 Å². The van der Waals surface area contributed by atoms with Crippen molar-refractivity contribution in [2.45, 2.75) is 25.8 Å². The van der Waals surface area contributed by atoms with Crippen LogP contribution in [0.3, 0.4) is 0 Å². The molecule has 3 heteroatoms. The highest BCUT2D eigenvalue weighted by atomic mass is 35.5. The van der Waals surface area contributed by atoms with Gasteiger partial charge in [0.25, 0.3) is 0 Å². The highest BCUT2D eigenvalue weighted by Crippen LogP contribution is 2.31. The third-order valence-electron chi connectivity index (χ3n) is 4.01. The van der Waals surface area contributed by atoms with Crippen molar-refractivity contribution >= 4 is 11.6 Å². The molecular formula is C15H23ClN2. The molecule has 0 aliphatic heterocycles. The number of nitrogens with two attached hydrogens (primary N) is 1. The molecule has 0 radical (unpaired) electrons. The zero-order chi connectivity index (χ0) is 13.0. The molecule has 0 amide bonds. The second-order valence-electron chi connectivity index (χ2n) is 5.51. The van der Waals surface area contributed by atoms with Crippen LogP contribution >= 0.6 is 11.6 Å². The van der Waals surface area contributed by atoms with Crippen molar-refractivity contribution in [3.63, 3.8) is 0 Å². The van der Waals surface area contributed by atoms with Gasteiger partial charge in [0, 0.05) is 18.1 Å². The summed E-state index contributed by atoms with van der Waals surface area (Å²) in [6, 6.07) is 8.13. The van der Waals surface area contributed by atoms with E-state index in [9.17, 15) is 0 Å². The van der Waals surface area contributed by atoms with Gasteiger partial charge in [-0.3, -0.25) is 0 Å². The Morgan fingerprint density at radius 3 is 2.83 bits per heavy atom. The summed E-state index contributed by atoms with van der Waals surface area (Å²) in [7, 11) is 2.19. The van der Waals surface area contributed by atoms with Crippen LogP contribution in [-0.2, 0) is 6.54 Å². The Bertz CT molecular complexity index is 381. The second kappa shape index (κ2) is 6.55. The molecule has 1 aromatic carbocycles. The SMILES string of the molecule is CN(Cc1cccc(Cl)c1)CC1CCCC1CN. The van der Waals surface area contributed by atoms with Crippen LogP contribution in [0.1, 0.15) is 24.8 Å². The Hall–Kier alpha value is -0.570. The average molecular weight is 267 g/mol. The number of rotatable bonds is 5. The predicted molar refractivity (Wildman–Crippen MR) is 77.7 cm³/mol. The van der Waals surface area contributed by atoms with Crippen molar-refractivity contribution in [3.8, 4) is 0 Å². The van der Waals surface area contributed by atoms with Gasteiger partial charge in [-0.25, -0.2) is 0 Å². The minimum atomic E-state index is 0.729. The summed E-state index contributed by atoms with van der Waals surface area (Å²) >= 11 is 6.01. The van der Waals surface area contributed by atoms with Gasteiger partial charge in [-0.15, -0.1) is 0 Å². The highest BCUT2D eigenvalue weighted by Gasteiger charge is 2.26. The smallest absolute Gasteiger partial charge is 0.0409 e. The summed E-state index contributed by atoms with van der Waals surface area (Å²) in [5, 5.41) is 0.821. The highest BCUT2D eigenvalue weighted by molar-refractivity contribution is 6.30. The van der Waals surface area contributed by atoms with Gasteiger partial charge in [0.1, 0.15) is 0 Å². The molecule has 0 aromatic heterocycles. The first-order valence-corrected chi connectivity index (χ1v) is 7.20. The molecule has 0 bridgehead atoms. The topological polar surface area (TPSA) is 29.3 Å². The monoisotopic (exact) mass is 266 g/mol. The quantitative estimate of drug-likeness (QED) is 0.887. The van der Waals surface area contributed by atoms with Crippen LogP contribution in [0.4, 0.5) is 0 Å². The summed E-state index contributed by atoms with van der Waals surface area (Å²) in [6.07, 6.45) is 3.99. The summed E-state index contributed by atoms with van der Waals surface area (Å²) in [5.74, 6) is 1.51. The average Bonchev–Trinajstić information content (AvgIpc) is 2.76. The normalized spacial score (nSPS) is 23.8. The van der Waals surface area contributed by atoms with E-state index in [2.05, 4.69) is 18.0 Å². The molecule has 2 atom stereocenters. The Balaban J connectivity index is 1.86. The summed E-state index contributed by atoms with van der Waals surface area (Å²) < 4.78 is 0. The maximum Gasteiger partial charge on any atom is 0.0409 e. The Kier molecular flexibility index (Phi) is 5.04. The molecular weight excluding hydrogens is 244 g/mol. The Labute approximate surface area is 115 Å². The van der Waals surface area contributed by atoms with Gasteiger partial charge in [-0.05, 0) is 56.0 Å². The summed E-state index contributed by atoms with van der Waals surface area (Å²) in [4.78, 5) is 2.39. The number of benzene rings is 1. The van der Waals surface area contributed by atoms with Crippen molar-refractivity contribution in [1.29, 1.82) is 0 Å². The Morgan fingerprint density at radius 2 is 2.11 bits per heavy atom. The molecule has 1 aliphatic carbocycles. The fraction of sp³-hybridized carbons (Fsp3) is 0.600. The van der Waals surface area contributed by atoms with E-state index in [1.807, 2.05) is 18.2 Å². The molecule has 1 saturated carbocycles. The van der Waals surface area contributed by atoms with Crippen molar-refractivity contribution in [2.24, 2.45) is 17.6 Å². The van der Waals surface area contributed by atoms with Gasteiger partial charge < -0.3 is 10.6 Å². The van der Waals surface area contributed by atoms with E-state index in [-0.39, 0.29) is 0 Å². The third-order valence-corrected chi connectivity index (χ3v) is 4.24. The summed E-state index contributed by atoms with van der Waals surface area (Å²) in [5.41, 5.74) is 7.12. The van der Waals surface area contributed by atoms with Crippen molar-refractivity contribution in [2.75, 3.05) is 20.1 Å². The molecule has 1 aliphatic rings. The van der Waals surface area contributed by atoms with E-state index in [4.69, 9.17) is 17.3 Å². The first-order valence-electron chi connectivity index (χ1n) is 6.82. The number of nitrogens with zero attached hydrogens (tertiary/aromatic N) is 1. The third kappa shape index (κ3) is 3.71. The van der Waals surface area contributed by atoms with E-state index in [0.29, 0.717) is 0 Å². The number of hydrogen-bond acceptors (Lipinski definition) is 2. The molecule has 1 fully saturated rings. The minimum absolute atomic E-state index is 0.729. The van der Waals surface area contributed by atoms with Gasteiger partial charge in [0.2, 0.25) is 0 Å². The molecule has 2 nitrogen and oxygen atoms in total. The molecule has 1 aromatic rings. The van der Waals surface area contributed by atoms with E-state index in [1.165, 1.54) is 24.8 Å². The minimum Gasteiger partial charge on any atom is -0.330 e. The van der Waals surface area contributed by atoms with Crippen molar-refractivity contribution in [3.05, 3.63) is 34.9 Å². The van der Waals surface area contributed by atoms with Gasteiger partial charge >= 0.3 is 0 Å². The van der Waals surface area contributed by atoms with Crippen LogP contribution in [0.2, 0.25) is 5.02 Å². The molecule has 2 N–H and O–H groups in total. The summed E-state index contributed by atoms with van der Waals surface area (Å²) in [6.45, 7) is 2.96. The lowest BCUT2D eigenvalue weighted by Crippen LogP contribution is -2.30. The van der Waals surface area contributed by atoms with Gasteiger partial charge in [-0.2, -0.15) is 0 Å². The second-order valence-corrected chi connectivity index (χ2v) is 5.95. The molecule has 0 spiro atoms. The molecule has 18 heavy (non-hydrogen) atoms. The van der Waals surface area contributed by atoms with Gasteiger partial charge in [0.15, 0.2) is 0 Å². The first-order chi connectivity index (χ1) is 8.69. The lowest BCUT2D eigenvalue weighted by molar-refractivity contribution is 0.237. The number of halogens is 1. The van der Waals surface area contributed by atoms with Crippen LogP contribution in [-0.4, -0.2) is 25.0 Å². The predicted octanol–water partition coefficient (Wildman–Crippen LogP) is 3.15. The van der Waals surface area contributed by atoms with Crippen LogP contribution in [0.5, 0.6) is 0 Å². The lowest BCUT2D eigenvalue weighted by atomic mass is 9.95. The standard InChI is InChI=1S/C15H23ClN2/c1-18(10-12-4-2-7-15(16)8-12)11-14-6-3-5-13(14)9-17/h2,4,7-8,13-14H,3,5-6,9-11,17H2,1H3. The molecule has 0 saturated heterocycles.